The van der Waals surface area contributed by atoms with Crippen molar-refractivity contribution in [3.05, 3.63) is 35.6 Å². The smallest absolute Gasteiger partial charge is 0.127 e. The van der Waals surface area contributed by atoms with Gasteiger partial charge in [-0.15, -0.1) is 0 Å². The molecule has 2 nitrogen and oxygen atoms in total. The van der Waals surface area contributed by atoms with E-state index in [2.05, 4.69) is 38.0 Å². The monoisotopic (exact) mass is 266 g/mol. The van der Waals surface area contributed by atoms with E-state index >= 15 is 0 Å². The average molecular weight is 266 g/mol. The van der Waals surface area contributed by atoms with E-state index in [1.54, 1.807) is 6.07 Å². The van der Waals surface area contributed by atoms with Gasteiger partial charge in [0.15, 0.2) is 0 Å². The molecule has 0 aliphatic carbocycles. The molecule has 0 spiro atoms. The number of halogens is 1. The maximum atomic E-state index is 13.7. The molecule has 0 saturated carbocycles. The van der Waals surface area contributed by atoms with Crippen LogP contribution in [-0.2, 0) is 0 Å². The predicted octanol–water partition coefficient (Wildman–Crippen LogP) is 3.60. The Morgan fingerprint density at radius 1 is 1.26 bits per heavy atom. The van der Waals surface area contributed by atoms with Crippen LogP contribution in [0.1, 0.15) is 45.2 Å². The minimum absolute atomic E-state index is 0.111. The molecule has 1 N–H and O–H groups in total. The largest absolute Gasteiger partial charge is 0.314 e. The highest BCUT2D eigenvalue weighted by Crippen LogP contribution is 2.21. The molecule has 0 heterocycles. The first-order chi connectivity index (χ1) is 9.06. The van der Waals surface area contributed by atoms with Crippen LogP contribution in [0.5, 0.6) is 0 Å². The standard InChI is InChI=1S/C16H27FN2/c1-5-11-18-13(2)10-12-19(4)14(3)15-8-6-7-9-16(15)17/h6-9,13-14,18H,5,10-12H2,1-4H3. The maximum absolute atomic E-state index is 13.7. The molecule has 0 radical (unpaired) electrons. The van der Waals surface area contributed by atoms with Crippen molar-refractivity contribution in [1.82, 2.24) is 10.2 Å². The van der Waals surface area contributed by atoms with Crippen molar-refractivity contribution in [2.45, 2.75) is 45.7 Å². The molecule has 1 rings (SSSR count). The Balaban J connectivity index is 2.45. The summed E-state index contributed by atoms with van der Waals surface area (Å²) < 4.78 is 13.7. The van der Waals surface area contributed by atoms with Crippen LogP contribution < -0.4 is 5.32 Å². The molecule has 0 aromatic heterocycles. The zero-order valence-electron chi connectivity index (χ0n) is 12.6. The summed E-state index contributed by atoms with van der Waals surface area (Å²) in [6.45, 7) is 8.47. The van der Waals surface area contributed by atoms with Gasteiger partial charge in [-0.05, 0) is 52.9 Å². The first kappa shape index (κ1) is 16.1. The highest BCUT2D eigenvalue weighted by atomic mass is 19.1. The fourth-order valence-electron chi connectivity index (χ4n) is 2.14. The summed E-state index contributed by atoms with van der Waals surface area (Å²) in [5, 5.41) is 3.48. The predicted molar refractivity (Wildman–Crippen MR) is 79.8 cm³/mol. The molecule has 19 heavy (non-hydrogen) atoms. The zero-order chi connectivity index (χ0) is 14.3. The Hall–Kier alpha value is -0.930. The fraction of sp³-hybridized carbons (Fsp3) is 0.625. The topological polar surface area (TPSA) is 15.3 Å². The molecule has 0 aliphatic heterocycles. The summed E-state index contributed by atoms with van der Waals surface area (Å²) in [4.78, 5) is 2.21. The van der Waals surface area contributed by atoms with Gasteiger partial charge in [-0.3, -0.25) is 4.90 Å². The van der Waals surface area contributed by atoms with Crippen LogP contribution in [0.15, 0.2) is 24.3 Å². The van der Waals surface area contributed by atoms with Crippen molar-refractivity contribution in [2.24, 2.45) is 0 Å². The van der Waals surface area contributed by atoms with Gasteiger partial charge in [0.25, 0.3) is 0 Å². The van der Waals surface area contributed by atoms with Crippen molar-refractivity contribution >= 4 is 0 Å². The van der Waals surface area contributed by atoms with Crippen LogP contribution in [0, 0.1) is 5.82 Å². The molecule has 2 unspecified atom stereocenters. The van der Waals surface area contributed by atoms with E-state index in [0.29, 0.717) is 6.04 Å². The Morgan fingerprint density at radius 2 is 1.95 bits per heavy atom. The van der Waals surface area contributed by atoms with E-state index in [1.807, 2.05) is 12.1 Å². The highest BCUT2D eigenvalue weighted by Gasteiger charge is 2.15. The van der Waals surface area contributed by atoms with E-state index in [-0.39, 0.29) is 11.9 Å². The molecule has 0 bridgehead atoms. The van der Waals surface area contributed by atoms with Crippen molar-refractivity contribution in [2.75, 3.05) is 20.1 Å². The van der Waals surface area contributed by atoms with Crippen LogP contribution in [0.2, 0.25) is 0 Å². The first-order valence-corrected chi connectivity index (χ1v) is 7.24. The second-order valence-electron chi connectivity index (χ2n) is 5.32. The number of rotatable bonds is 8. The number of hydrogen-bond donors (Lipinski definition) is 1. The van der Waals surface area contributed by atoms with Crippen molar-refractivity contribution in [3.63, 3.8) is 0 Å². The third kappa shape index (κ3) is 5.29. The number of nitrogens with zero attached hydrogens (tertiary/aromatic N) is 1. The van der Waals surface area contributed by atoms with E-state index in [9.17, 15) is 4.39 Å². The lowest BCUT2D eigenvalue weighted by Gasteiger charge is -2.26. The molecule has 1 aromatic rings. The lowest BCUT2D eigenvalue weighted by Crippen LogP contribution is -2.32. The van der Waals surface area contributed by atoms with Gasteiger partial charge in [0, 0.05) is 17.6 Å². The average Bonchev–Trinajstić information content (AvgIpc) is 2.42. The summed E-state index contributed by atoms with van der Waals surface area (Å²) >= 11 is 0. The summed E-state index contributed by atoms with van der Waals surface area (Å²) in [6.07, 6.45) is 2.24. The Labute approximate surface area is 117 Å². The number of nitrogens with one attached hydrogen (secondary N) is 1. The SMILES string of the molecule is CCCNC(C)CCN(C)C(C)c1ccccc1F. The lowest BCUT2D eigenvalue weighted by molar-refractivity contribution is 0.243. The van der Waals surface area contributed by atoms with Gasteiger partial charge in [0.05, 0.1) is 0 Å². The van der Waals surface area contributed by atoms with Gasteiger partial charge in [0.1, 0.15) is 5.82 Å². The zero-order valence-corrected chi connectivity index (χ0v) is 12.6. The quantitative estimate of drug-likeness (QED) is 0.773. The van der Waals surface area contributed by atoms with Gasteiger partial charge in [-0.25, -0.2) is 4.39 Å². The highest BCUT2D eigenvalue weighted by molar-refractivity contribution is 5.20. The fourth-order valence-corrected chi connectivity index (χ4v) is 2.14. The maximum Gasteiger partial charge on any atom is 0.127 e. The van der Waals surface area contributed by atoms with Gasteiger partial charge in [0.2, 0.25) is 0 Å². The van der Waals surface area contributed by atoms with Crippen LogP contribution in [0.25, 0.3) is 0 Å². The summed E-state index contributed by atoms with van der Waals surface area (Å²) in [5.41, 5.74) is 0.777. The van der Waals surface area contributed by atoms with Gasteiger partial charge >= 0.3 is 0 Å². The Bertz CT molecular complexity index is 368. The molecule has 3 heteroatoms. The van der Waals surface area contributed by atoms with Crippen LogP contribution in [-0.4, -0.2) is 31.1 Å². The molecule has 0 amide bonds. The molecule has 0 aliphatic rings. The Kier molecular flexibility index (Phi) is 7.03. The second-order valence-corrected chi connectivity index (χ2v) is 5.32. The number of benzene rings is 1. The Morgan fingerprint density at radius 3 is 2.58 bits per heavy atom. The third-order valence-electron chi connectivity index (χ3n) is 3.67. The van der Waals surface area contributed by atoms with Crippen LogP contribution >= 0.6 is 0 Å². The van der Waals surface area contributed by atoms with Gasteiger partial charge in [-0.1, -0.05) is 25.1 Å². The molecule has 108 valence electrons. The van der Waals surface area contributed by atoms with Gasteiger partial charge in [-0.2, -0.15) is 0 Å². The number of hydrogen-bond acceptors (Lipinski definition) is 2. The normalized spacial score (nSPS) is 14.6. The minimum Gasteiger partial charge on any atom is -0.314 e. The second kappa shape index (κ2) is 8.28. The third-order valence-corrected chi connectivity index (χ3v) is 3.67. The van der Waals surface area contributed by atoms with Crippen molar-refractivity contribution < 1.29 is 4.39 Å². The molecule has 1 aromatic carbocycles. The molecule has 0 fully saturated rings. The van der Waals surface area contributed by atoms with E-state index < -0.39 is 0 Å². The summed E-state index contributed by atoms with van der Waals surface area (Å²) in [6, 6.07) is 7.66. The van der Waals surface area contributed by atoms with Crippen LogP contribution in [0.3, 0.4) is 0 Å². The van der Waals surface area contributed by atoms with E-state index in [4.69, 9.17) is 0 Å². The van der Waals surface area contributed by atoms with Crippen LogP contribution in [0.4, 0.5) is 4.39 Å². The van der Waals surface area contributed by atoms with E-state index in [0.717, 1.165) is 31.5 Å². The molecular weight excluding hydrogens is 239 g/mol. The summed E-state index contributed by atoms with van der Waals surface area (Å²) in [5.74, 6) is -0.112. The van der Waals surface area contributed by atoms with Crippen molar-refractivity contribution in [3.8, 4) is 0 Å². The molecular formula is C16H27FN2. The lowest BCUT2D eigenvalue weighted by atomic mass is 10.1. The molecule has 2 atom stereocenters. The van der Waals surface area contributed by atoms with Crippen molar-refractivity contribution in [1.29, 1.82) is 0 Å². The minimum atomic E-state index is -0.112. The summed E-state index contributed by atoms with van der Waals surface area (Å²) in [7, 11) is 2.06. The van der Waals surface area contributed by atoms with E-state index in [1.165, 1.54) is 6.07 Å². The van der Waals surface area contributed by atoms with Gasteiger partial charge < -0.3 is 5.32 Å². The molecule has 0 saturated heterocycles. The first-order valence-electron chi connectivity index (χ1n) is 7.24.